The van der Waals surface area contributed by atoms with Crippen LogP contribution in [0.1, 0.15) is 42.3 Å². The van der Waals surface area contributed by atoms with Crippen LogP contribution in [0.15, 0.2) is 99.1 Å². The monoisotopic (exact) mass is 518 g/mol. The molecular weight excluding hydrogens is 492 g/mol. The smallest absolute Gasteiger partial charge is 0.282 e. The van der Waals surface area contributed by atoms with Crippen LogP contribution in [0.2, 0.25) is 0 Å². The minimum absolute atomic E-state index is 0.0110. The number of Topliss-reactive ketones (excluding diaryl/α,β-unsaturated/α-hetero) is 1. The summed E-state index contributed by atoms with van der Waals surface area (Å²) in [5.74, 6) is -0.555. The van der Waals surface area contributed by atoms with Gasteiger partial charge >= 0.3 is 0 Å². The topological polar surface area (TPSA) is 92.7 Å². The van der Waals surface area contributed by atoms with Crippen molar-refractivity contribution >= 4 is 44.9 Å². The van der Waals surface area contributed by atoms with Crippen LogP contribution >= 0.6 is 11.8 Å². The highest BCUT2D eigenvalue weighted by molar-refractivity contribution is 8.04. The molecule has 3 aromatic rings. The zero-order valence-corrected chi connectivity index (χ0v) is 21.8. The Morgan fingerprint density at radius 3 is 2.14 bits per heavy atom. The van der Waals surface area contributed by atoms with E-state index in [0.717, 1.165) is 17.3 Å². The van der Waals surface area contributed by atoms with Gasteiger partial charge in [0.2, 0.25) is 5.91 Å². The highest BCUT2D eigenvalue weighted by atomic mass is 32.2. The number of ketones is 1. The number of para-hydroxylation sites is 1. The molecule has 0 saturated carbocycles. The fourth-order valence-electron chi connectivity index (χ4n) is 3.66. The lowest BCUT2D eigenvalue weighted by Crippen LogP contribution is -2.20. The molecule has 1 aliphatic rings. The molecular formula is C28H26N2O4S2. The van der Waals surface area contributed by atoms with Gasteiger partial charge in [-0.05, 0) is 41.3 Å². The first-order valence-electron chi connectivity index (χ1n) is 11.3. The van der Waals surface area contributed by atoms with Crippen molar-refractivity contribution in [2.24, 2.45) is 4.40 Å². The van der Waals surface area contributed by atoms with Crippen molar-refractivity contribution in [2.75, 3.05) is 11.1 Å². The number of carbonyl (C=O) groups is 2. The van der Waals surface area contributed by atoms with Crippen molar-refractivity contribution < 1.29 is 18.0 Å². The molecule has 0 aliphatic heterocycles. The zero-order valence-electron chi connectivity index (χ0n) is 20.2. The van der Waals surface area contributed by atoms with E-state index < -0.39 is 10.0 Å². The van der Waals surface area contributed by atoms with Crippen LogP contribution in [0.25, 0.3) is 0 Å². The Morgan fingerprint density at radius 1 is 0.889 bits per heavy atom. The van der Waals surface area contributed by atoms with Gasteiger partial charge in [0.05, 0.1) is 21.3 Å². The minimum Gasteiger partial charge on any atom is -0.325 e. The second-order valence-electron chi connectivity index (χ2n) is 9.31. The summed E-state index contributed by atoms with van der Waals surface area (Å²) < 4.78 is 30.4. The summed E-state index contributed by atoms with van der Waals surface area (Å²) in [6.07, 6.45) is 1.45. The molecule has 4 rings (SSSR count). The highest BCUT2D eigenvalue weighted by Gasteiger charge is 2.27. The summed E-state index contributed by atoms with van der Waals surface area (Å²) >= 11 is 1.05. The van der Waals surface area contributed by atoms with Crippen LogP contribution in [0, 0.1) is 0 Å². The predicted octanol–water partition coefficient (Wildman–Crippen LogP) is 5.61. The minimum atomic E-state index is -4.03. The highest BCUT2D eigenvalue weighted by Crippen LogP contribution is 2.30. The summed E-state index contributed by atoms with van der Waals surface area (Å²) in [7, 11) is -4.03. The Bertz CT molecular complexity index is 1470. The van der Waals surface area contributed by atoms with E-state index in [1.807, 2.05) is 18.2 Å². The number of benzene rings is 3. The first-order chi connectivity index (χ1) is 17.0. The Kier molecular flexibility index (Phi) is 7.28. The van der Waals surface area contributed by atoms with Crippen LogP contribution in [0.4, 0.5) is 5.69 Å². The van der Waals surface area contributed by atoms with E-state index >= 15 is 0 Å². The lowest BCUT2D eigenvalue weighted by Gasteiger charge is -2.19. The van der Waals surface area contributed by atoms with Crippen molar-refractivity contribution in [3.63, 3.8) is 0 Å². The molecule has 0 spiro atoms. The van der Waals surface area contributed by atoms with E-state index in [0.29, 0.717) is 16.8 Å². The van der Waals surface area contributed by atoms with Gasteiger partial charge in [-0.25, -0.2) is 0 Å². The molecule has 0 radical (unpaired) electrons. The van der Waals surface area contributed by atoms with Gasteiger partial charge in [-0.2, -0.15) is 12.8 Å². The third-order valence-corrected chi connectivity index (χ3v) is 7.92. The standard InChI is InChI=1S/C28H26N2O4S2/c1-28(2,3)19-13-15-21(16-14-19)36(33,34)30-24-17-25(27(32)23-12-8-7-11-22(23)24)35-18-26(31)29-20-9-5-4-6-10-20/h4-17H,18H2,1-3H3,(H,29,31)/b30-24-. The van der Waals surface area contributed by atoms with E-state index in [1.54, 1.807) is 60.7 Å². The van der Waals surface area contributed by atoms with Gasteiger partial charge in [-0.15, -0.1) is 11.8 Å². The number of fused-ring (bicyclic) bond motifs is 1. The Hall–Kier alpha value is -3.49. The number of amides is 1. The van der Waals surface area contributed by atoms with Crippen LogP contribution in [-0.4, -0.2) is 31.6 Å². The maximum Gasteiger partial charge on any atom is 0.282 e. The molecule has 0 atom stereocenters. The molecule has 6 nitrogen and oxygen atoms in total. The summed E-state index contributed by atoms with van der Waals surface area (Å²) in [5, 5.41) is 2.78. The van der Waals surface area contributed by atoms with Crippen molar-refractivity contribution in [1.82, 2.24) is 0 Å². The summed E-state index contributed by atoms with van der Waals surface area (Å²) in [6, 6.07) is 22.4. The van der Waals surface area contributed by atoms with E-state index in [-0.39, 0.29) is 38.4 Å². The maximum atomic E-state index is 13.2. The fraction of sp³-hybridized carbons (Fsp3) is 0.179. The summed E-state index contributed by atoms with van der Waals surface area (Å²) in [5.41, 5.74) is 2.51. The lowest BCUT2D eigenvalue weighted by atomic mass is 9.87. The van der Waals surface area contributed by atoms with Gasteiger partial charge in [0.1, 0.15) is 0 Å². The summed E-state index contributed by atoms with van der Waals surface area (Å²) in [4.78, 5) is 25.8. The van der Waals surface area contributed by atoms with E-state index in [1.165, 1.54) is 6.08 Å². The summed E-state index contributed by atoms with van der Waals surface area (Å²) in [6.45, 7) is 6.16. The second-order valence-corrected chi connectivity index (χ2v) is 11.9. The molecule has 0 aromatic heterocycles. The van der Waals surface area contributed by atoms with Crippen LogP contribution in [-0.2, 0) is 20.2 Å². The van der Waals surface area contributed by atoms with Gasteiger partial charge in [-0.3, -0.25) is 9.59 Å². The Balaban J connectivity index is 1.62. The number of nitrogens with zero attached hydrogens (tertiary/aromatic N) is 1. The zero-order chi connectivity index (χ0) is 25.9. The number of hydrogen-bond acceptors (Lipinski definition) is 5. The van der Waals surface area contributed by atoms with Gasteiger partial charge in [-0.1, -0.05) is 75.4 Å². The van der Waals surface area contributed by atoms with Gasteiger partial charge in [0.15, 0.2) is 5.78 Å². The predicted molar refractivity (Wildman–Crippen MR) is 145 cm³/mol. The first kappa shape index (κ1) is 25.6. The van der Waals surface area contributed by atoms with E-state index in [9.17, 15) is 18.0 Å². The number of thioether (sulfide) groups is 1. The second kappa shape index (κ2) is 10.2. The van der Waals surface area contributed by atoms with Gasteiger partial charge in [0, 0.05) is 16.8 Å². The number of carbonyl (C=O) groups excluding carboxylic acids is 2. The van der Waals surface area contributed by atoms with Crippen molar-refractivity contribution in [2.45, 2.75) is 31.1 Å². The Morgan fingerprint density at radius 2 is 1.50 bits per heavy atom. The SMILES string of the molecule is CC(C)(C)c1ccc(S(=O)(=O)/N=C2/C=C(SCC(=O)Nc3ccccc3)C(=O)c3ccccc32)cc1. The van der Waals surface area contributed by atoms with Crippen LogP contribution in [0.5, 0.6) is 0 Å². The van der Waals surface area contributed by atoms with Crippen LogP contribution in [0.3, 0.4) is 0 Å². The lowest BCUT2D eigenvalue weighted by molar-refractivity contribution is -0.113. The van der Waals surface area contributed by atoms with Crippen LogP contribution < -0.4 is 5.32 Å². The third kappa shape index (κ3) is 5.83. The molecule has 0 bridgehead atoms. The van der Waals surface area contributed by atoms with Gasteiger partial charge < -0.3 is 5.32 Å². The van der Waals surface area contributed by atoms with Gasteiger partial charge in [0.25, 0.3) is 10.0 Å². The van der Waals surface area contributed by atoms with Crippen molar-refractivity contribution in [3.8, 4) is 0 Å². The van der Waals surface area contributed by atoms with Crippen molar-refractivity contribution in [1.29, 1.82) is 0 Å². The van der Waals surface area contributed by atoms with E-state index in [4.69, 9.17) is 0 Å². The molecule has 0 fully saturated rings. The first-order valence-corrected chi connectivity index (χ1v) is 13.8. The quantitative estimate of drug-likeness (QED) is 0.458. The number of anilines is 1. The number of nitrogens with one attached hydrogen (secondary N) is 1. The average Bonchev–Trinajstić information content (AvgIpc) is 2.85. The molecule has 3 aromatic carbocycles. The number of hydrogen-bond donors (Lipinski definition) is 1. The molecule has 1 amide bonds. The van der Waals surface area contributed by atoms with Crippen molar-refractivity contribution in [3.05, 3.63) is 107 Å². The normalized spacial score (nSPS) is 14.8. The molecule has 0 heterocycles. The average molecular weight is 519 g/mol. The van der Waals surface area contributed by atoms with E-state index in [2.05, 4.69) is 30.5 Å². The molecule has 1 N–H and O–H groups in total. The number of rotatable bonds is 6. The largest absolute Gasteiger partial charge is 0.325 e. The molecule has 184 valence electrons. The molecule has 0 unspecified atom stereocenters. The third-order valence-electron chi connectivity index (χ3n) is 5.59. The number of sulfonamides is 1. The Labute approximate surface area is 215 Å². The fourth-order valence-corrected chi connectivity index (χ4v) is 5.45. The molecule has 1 aliphatic carbocycles. The molecule has 0 saturated heterocycles. The maximum absolute atomic E-state index is 13.2. The molecule has 8 heteroatoms. The number of allylic oxidation sites excluding steroid dienone is 2. The molecule has 36 heavy (non-hydrogen) atoms.